The average molecular weight is 574 g/mol. The summed E-state index contributed by atoms with van der Waals surface area (Å²) in [6.45, 7) is 13.5. The molecule has 2 unspecified atom stereocenters. The summed E-state index contributed by atoms with van der Waals surface area (Å²) >= 11 is 1.53. The fraction of sp³-hybridized carbons (Fsp3) is 0.600. The van der Waals surface area contributed by atoms with Gasteiger partial charge in [-0.25, -0.2) is 4.98 Å². The van der Waals surface area contributed by atoms with E-state index in [1.54, 1.807) is 0 Å². The Morgan fingerprint density at radius 3 is 2.61 bits per heavy atom. The number of aromatic nitrogens is 3. The maximum Gasteiger partial charge on any atom is 0.237 e. The first-order valence-electron chi connectivity index (χ1n) is 15.1. The fourth-order valence-corrected chi connectivity index (χ4v) is 7.94. The second-order valence-corrected chi connectivity index (χ2v) is 13.5. The molecule has 10 nitrogen and oxygen atoms in total. The number of piperazine rings is 2. The van der Waals surface area contributed by atoms with Gasteiger partial charge < -0.3 is 25.4 Å². The Labute approximate surface area is 245 Å². The molecule has 3 N–H and O–H groups in total. The summed E-state index contributed by atoms with van der Waals surface area (Å²) in [5.41, 5.74) is 9.13. The summed E-state index contributed by atoms with van der Waals surface area (Å²) in [6.07, 6.45) is 4.57. The molecule has 11 heteroatoms. The molecule has 2 aliphatic carbocycles. The third-order valence-electron chi connectivity index (χ3n) is 9.47. The van der Waals surface area contributed by atoms with Crippen molar-refractivity contribution in [1.82, 2.24) is 25.3 Å². The first-order valence-corrected chi connectivity index (χ1v) is 15.9. The maximum absolute atomic E-state index is 9.97. The van der Waals surface area contributed by atoms with E-state index in [0.29, 0.717) is 28.2 Å². The second-order valence-electron chi connectivity index (χ2n) is 12.4. The van der Waals surface area contributed by atoms with E-state index in [4.69, 9.17) is 20.2 Å². The van der Waals surface area contributed by atoms with Crippen LogP contribution in [-0.4, -0.2) is 78.9 Å². The normalized spacial score (nSPS) is 25.2. The van der Waals surface area contributed by atoms with Crippen LogP contribution in [0, 0.1) is 17.2 Å². The molecular weight excluding hydrogens is 534 g/mol. The van der Waals surface area contributed by atoms with Crippen molar-refractivity contribution >= 4 is 27.8 Å². The smallest absolute Gasteiger partial charge is 0.237 e. The average Bonchev–Trinajstić information content (AvgIpc) is 3.53. The molecule has 1 saturated carbocycles. The van der Waals surface area contributed by atoms with Crippen LogP contribution in [0.4, 0.5) is 16.5 Å². The van der Waals surface area contributed by atoms with Gasteiger partial charge in [0.1, 0.15) is 22.6 Å². The number of hydrogen-bond acceptors (Lipinski definition) is 11. The van der Waals surface area contributed by atoms with Crippen LogP contribution >= 0.6 is 11.3 Å². The lowest BCUT2D eigenvalue weighted by molar-refractivity contribution is 0.247. The van der Waals surface area contributed by atoms with E-state index in [9.17, 15) is 5.26 Å². The van der Waals surface area contributed by atoms with Crippen LogP contribution in [0.3, 0.4) is 0 Å². The number of nitrogen functional groups attached to an aromatic ring is 1. The SMILES string of the molecule is CC1CCC(C)(c2nc(-c3cc(N4CCNCC4)cc(N4CCN(CC5CC5)CC4)n3)no2)c2c1sc(N)c2C#N. The molecule has 0 bridgehead atoms. The highest BCUT2D eigenvalue weighted by Gasteiger charge is 2.45. The van der Waals surface area contributed by atoms with Crippen molar-refractivity contribution in [3.8, 4) is 17.6 Å². The Hall–Kier alpha value is -3.20. The minimum Gasteiger partial charge on any atom is -0.389 e. The lowest BCUT2D eigenvalue weighted by Gasteiger charge is -2.36. The van der Waals surface area contributed by atoms with Gasteiger partial charge in [0.2, 0.25) is 11.7 Å². The van der Waals surface area contributed by atoms with Gasteiger partial charge in [-0.05, 0) is 50.5 Å². The van der Waals surface area contributed by atoms with Crippen molar-refractivity contribution in [1.29, 1.82) is 5.26 Å². The highest BCUT2D eigenvalue weighted by molar-refractivity contribution is 7.16. The number of thiophene rings is 1. The summed E-state index contributed by atoms with van der Waals surface area (Å²) in [4.78, 5) is 18.7. The van der Waals surface area contributed by atoms with Crippen molar-refractivity contribution in [3.05, 3.63) is 34.0 Å². The van der Waals surface area contributed by atoms with E-state index in [0.717, 1.165) is 98.8 Å². The highest BCUT2D eigenvalue weighted by atomic mass is 32.1. The molecule has 5 heterocycles. The lowest BCUT2D eigenvalue weighted by Crippen LogP contribution is -2.47. The van der Waals surface area contributed by atoms with E-state index in [1.165, 1.54) is 30.7 Å². The molecule has 0 amide bonds. The van der Waals surface area contributed by atoms with E-state index in [-0.39, 0.29) is 0 Å². The van der Waals surface area contributed by atoms with Gasteiger partial charge in [-0.15, -0.1) is 11.3 Å². The van der Waals surface area contributed by atoms with Crippen molar-refractivity contribution in [2.45, 2.75) is 50.9 Å². The summed E-state index contributed by atoms with van der Waals surface area (Å²) < 4.78 is 6.00. The van der Waals surface area contributed by atoms with Gasteiger partial charge in [0.15, 0.2) is 0 Å². The summed E-state index contributed by atoms with van der Waals surface area (Å²) in [5.74, 6) is 3.26. The third kappa shape index (κ3) is 4.96. The van der Waals surface area contributed by atoms with Crippen LogP contribution in [0.5, 0.6) is 0 Å². The van der Waals surface area contributed by atoms with E-state index < -0.39 is 5.41 Å². The van der Waals surface area contributed by atoms with Crippen LogP contribution in [0.2, 0.25) is 0 Å². The molecule has 3 fully saturated rings. The zero-order valence-corrected chi connectivity index (χ0v) is 24.8. The van der Waals surface area contributed by atoms with Crippen LogP contribution < -0.4 is 20.9 Å². The molecule has 3 aromatic rings. The molecule has 2 atom stereocenters. The topological polar surface area (TPSA) is 123 Å². The van der Waals surface area contributed by atoms with Crippen LogP contribution in [-0.2, 0) is 5.41 Å². The van der Waals surface area contributed by atoms with Gasteiger partial charge in [-0.2, -0.15) is 10.2 Å². The Morgan fingerprint density at radius 2 is 1.88 bits per heavy atom. The minimum absolute atomic E-state index is 0.347. The number of pyridine rings is 1. The maximum atomic E-state index is 9.97. The summed E-state index contributed by atoms with van der Waals surface area (Å²) in [5, 5.41) is 18.5. The van der Waals surface area contributed by atoms with Gasteiger partial charge >= 0.3 is 0 Å². The van der Waals surface area contributed by atoms with E-state index in [1.807, 2.05) is 0 Å². The number of nitrogens with one attached hydrogen (secondary N) is 1. The fourth-order valence-electron chi connectivity index (χ4n) is 6.71. The molecule has 7 rings (SSSR count). The van der Waals surface area contributed by atoms with Crippen LogP contribution in [0.1, 0.15) is 67.3 Å². The summed E-state index contributed by atoms with van der Waals surface area (Å²) in [7, 11) is 0. The number of fused-ring (bicyclic) bond motifs is 1. The number of rotatable bonds is 6. The number of nitriles is 1. The Bertz CT molecular complexity index is 1460. The van der Waals surface area contributed by atoms with Gasteiger partial charge in [-0.1, -0.05) is 12.1 Å². The Kier molecular flexibility index (Phi) is 6.88. The first kappa shape index (κ1) is 26.7. The van der Waals surface area contributed by atoms with Crippen molar-refractivity contribution in [2.24, 2.45) is 5.92 Å². The second kappa shape index (κ2) is 10.6. The van der Waals surface area contributed by atoms with Crippen molar-refractivity contribution in [3.63, 3.8) is 0 Å². The molecule has 0 radical (unpaired) electrons. The molecule has 216 valence electrons. The van der Waals surface area contributed by atoms with E-state index in [2.05, 4.69) is 57.2 Å². The van der Waals surface area contributed by atoms with Gasteiger partial charge in [-0.3, -0.25) is 4.90 Å². The van der Waals surface area contributed by atoms with Crippen molar-refractivity contribution in [2.75, 3.05) is 74.4 Å². The van der Waals surface area contributed by atoms with Crippen LogP contribution in [0.25, 0.3) is 11.5 Å². The first-order chi connectivity index (χ1) is 19.9. The van der Waals surface area contributed by atoms with Gasteiger partial charge in [0.05, 0.1) is 11.0 Å². The standard InChI is InChI=1S/C30H39N9OS/c1-19-5-6-30(2,25-22(17-31)27(32)41-26(19)25)29-35-28(36-40-29)23-15-21(38-9-7-33-8-10-38)16-24(34-23)39-13-11-37(12-14-39)18-20-3-4-20/h15-16,19-20,33H,3-14,18,32H2,1-2H3. The molecule has 0 spiro atoms. The molecule has 2 aliphatic heterocycles. The molecule has 3 aromatic heterocycles. The molecule has 0 aromatic carbocycles. The summed E-state index contributed by atoms with van der Waals surface area (Å²) in [6, 6.07) is 6.69. The zero-order valence-electron chi connectivity index (χ0n) is 24.0. The quantitative estimate of drug-likeness (QED) is 0.450. The third-order valence-corrected chi connectivity index (χ3v) is 10.7. The lowest BCUT2D eigenvalue weighted by atomic mass is 9.69. The number of hydrogen-bond donors (Lipinski definition) is 2. The van der Waals surface area contributed by atoms with Gasteiger partial charge in [0, 0.05) is 81.1 Å². The molecule has 2 saturated heterocycles. The number of anilines is 3. The molecule has 4 aliphatic rings. The monoisotopic (exact) mass is 573 g/mol. The predicted molar refractivity (Wildman–Crippen MR) is 162 cm³/mol. The van der Waals surface area contributed by atoms with Crippen LogP contribution in [0.15, 0.2) is 16.7 Å². The minimum atomic E-state index is -0.566. The zero-order chi connectivity index (χ0) is 28.1. The highest BCUT2D eigenvalue weighted by Crippen LogP contribution is 2.52. The molecular formula is C30H39N9OS. The number of nitrogens with zero attached hydrogens (tertiary/aromatic N) is 7. The van der Waals surface area contributed by atoms with Gasteiger partial charge in [0.25, 0.3) is 0 Å². The number of nitrogens with two attached hydrogens (primary N) is 1. The van der Waals surface area contributed by atoms with Crippen molar-refractivity contribution < 1.29 is 4.52 Å². The van der Waals surface area contributed by atoms with E-state index >= 15 is 0 Å². The Morgan fingerprint density at radius 1 is 1.10 bits per heavy atom. The predicted octanol–water partition coefficient (Wildman–Crippen LogP) is 3.79. The Balaban J connectivity index is 1.22. The largest absolute Gasteiger partial charge is 0.389 e. The molecule has 41 heavy (non-hydrogen) atoms.